The average Bonchev–Trinajstić information content (AvgIpc) is 2.91. The van der Waals surface area contributed by atoms with Crippen LogP contribution in [0.2, 0.25) is 5.02 Å². The molecule has 1 aromatic heterocycles. The lowest BCUT2D eigenvalue weighted by Gasteiger charge is -2.18. The van der Waals surface area contributed by atoms with E-state index < -0.39 is 10.0 Å². The van der Waals surface area contributed by atoms with Gasteiger partial charge in [-0.25, -0.2) is 13.1 Å². The van der Waals surface area contributed by atoms with Crippen LogP contribution in [0.4, 0.5) is 5.69 Å². The first-order chi connectivity index (χ1) is 9.95. The van der Waals surface area contributed by atoms with Gasteiger partial charge in [-0.05, 0) is 30.0 Å². The van der Waals surface area contributed by atoms with Crippen LogP contribution in [-0.2, 0) is 10.0 Å². The van der Waals surface area contributed by atoms with Gasteiger partial charge in [0.2, 0.25) is 10.0 Å². The number of nitrogen functional groups attached to an aromatic ring is 1. The van der Waals surface area contributed by atoms with Crippen LogP contribution < -0.4 is 10.5 Å². The maximum atomic E-state index is 12.6. The molecule has 114 valence electrons. The third-order valence-electron chi connectivity index (χ3n) is 3.03. The summed E-state index contributed by atoms with van der Waals surface area (Å²) in [5.74, 6) is 0. The van der Waals surface area contributed by atoms with Gasteiger partial charge < -0.3 is 5.73 Å². The Balaban J connectivity index is 2.35. The number of sulfonamides is 1. The maximum absolute atomic E-state index is 12.6. The fourth-order valence-corrected chi connectivity index (χ4v) is 4.91. The zero-order chi connectivity index (χ0) is 15.5. The lowest BCUT2D eigenvalue weighted by Crippen LogP contribution is -2.29. The minimum atomic E-state index is -3.77. The number of nitrogens with one attached hydrogen (secondary N) is 1. The van der Waals surface area contributed by atoms with Crippen molar-refractivity contribution in [1.82, 2.24) is 4.72 Å². The molecule has 0 amide bonds. The Morgan fingerprint density at radius 1 is 1.33 bits per heavy atom. The molecule has 21 heavy (non-hydrogen) atoms. The summed E-state index contributed by atoms with van der Waals surface area (Å²) < 4.78 is 27.9. The molecule has 0 aliphatic heterocycles. The predicted octanol–water partition coefficient (Wildman–Crippen LogP) is 3.80. The molecule has 0 aliphatic rings. The molecule has 0 spiro atoms. The van der Waals surface area contributed by atoms with Crippen molar-refractivity contribution in [1.29, 1.82) is 0 Å². The van der Waals surface area contributed by atoms with Gasteiger partial charge in [-0.2, -0.15) is 0 Å². The van der Waals surface area contributed by atoms with Crippen LogP contribution in [0.5, 0.6) is 0 Å². The van der Waals surface area contributed by atoms with E-state index in [4.69, 9.17) is 17.3 Å². The van der Waals surface area contributed by atoms with Crippen LogP contribution in [0.15, 0.2) is 40.6 Å². The van der Waals surface area contributed by atoms with Gasteiger partial charge in [0.05, 0.1) is 16.8 Å². The molecule has 0 aliphatic carbocycles. The first-order valence-corrected chi connectivity index (χ1v) is 9.29. The second-order valence-electron chi connectivity index (χ2n) is 4.64. The predicted molar refractivity (Wildman–Crippen MR) is 88.2 cm³/mol. The van der Waals surface area contributed by atoms with Gasteiger partial charge in [-0.15, -0.1) is 11.3 Å². The molecule has 0 fully saturated rings. The summed E-state index contributed by atoms with van der Waals surface area (Å²) in [7, 11) is -3.77. The highest BCUT2D eigenvalue weighted by molar-refractivity contribution is 7.89. The number of hydrogen-bond acceptors (Lipinski definition) is 4. The normalized spacial score (nSPS) is 13.2. The van der Waals surface area contributed by atoms with Crippen LogP contribution in [0.25, 0.3) is 0 Å². The van der Waals surface area contributed by atoms with Crippen LogP contribution in [-0.4, -0.2) is 8.42 Å². The van der Waals surface area contributed by atoms with E-state index in [-0.39, 0.29) is 21.6 Å². The zero-order valence-corrected chi connectivity index (χ0v) is 13.9. The number of anilines is 1. The van der Waals surface area contributed by atoms with Gasteiger partial charge in [0.15, 0.2) is 0 Å². The van der Waals surface area contributed by atoms with Crippen molar-refractivity contribution in [3.8, 4) is 0 Å². The van der Waals surface area contributed by atoms with E-state index in [1.807, 2.05) is 24.4 Å². The Hall–Kier alpha value is -1.08. The van der Waals surface area contributed by atoms with E-state index in [1.165, 1.54) is 23.5 Å². The number of benzene rings is 1. The minimum absolute atomic E-state index is 0.0516. The third-order valence-corrected chi connectivity index (χ3v) is 6.03. The molecular formula is C14H17ClN2O2S2. The molecule has 1 atom stereocenters. The first kappa shape index (κ1) is 16.3. The van der Waals surface area contributed by atoms with Gasteiger partial charge in [0.1, 0.15) is 4.90 Å². The van der Waals surface area contributed by atoms with E-state index in [0.717, 1.165) is 11.3 Å². The van der Waals surface area contributed by atoms with Gasteiger partial charge in [-0.1, -0.05) is 37.1 Å². The molecule has 2 aromatic rings. The quantitative estimate of drug-likeness (QED) is 0.783. The van der Waals surface area contributed by atoms with E-state index in [9.17, 15) is 8.42 Å². The smallest absolute Gasteiger partial charge is 0.244 e. The lowest BCUT2D eigenvalue weighted by atomic mass is 10.1. The van der Waals surface area contributed by atoms with Crippen molar-refractivity contribution >= 4 is 38.6 Å². The van der Waals surface area contributed by atoms with Crippen LogP contribution in [0, 0.1) is 0 Å². The highest BCUT2D eigenvalue weighted by Gasteiger charge is 2.25. The molecule has 4 nitrogen and oxygen atoms in total. The SMILES string of the molecule is CCCC(NS(=O)(=O)c1c(N)cccc1Cl)c1cccs1. The van der Waals surface area contributed by atoms with Gasteiger partial charge in [0, 0.05) is 4.88 Å². The molecule has 7 heteroatoms. The van der Waals surface area contributed by atoms with Gasteiger partial charge in [-0.3, -0.25) is 0 Å². The minimum Gasteiger partial charge on any atom is -0.398 e. The van der Waals surface area contributed by atoms with Crippen molar-refractivity contribution in [3.05, 3.63) is 45.6 Å². The topological polar surface area (TPSA) is 72.2 Å². The van der Waals surface area contributed by atoms with Gasteiger partial charge >= 0.3 is 0 Å². The van der Waals surface area contributed by atoms with E-state index in [2.05, 4.69) is 4.72 Å². The van der Waals surface area contributed by atoms with E-state index >= 15 is 0 Å². The summed E-state index contributed by atoms with van der Waals surface area (Å²) in [5, 5.41) is 2.06. The first-order valence-electron chi connectivity index (χ1n) is 6.55. The van der Waals surface area contributed by atoms with E-state index in [1.54, 1.807) is 6.07 Å². The molecular weight excluding hydrogens is 328 g/mol. The lowest BCUT2D eigenvalue weighted by molar-refractivity contribution is 0.540. The standard InChI is InChI=1S/C14H17ClN2O2S2/c1-2-5-12(13-8-4-9-20-13)17-21(18,19)14-10(15)6-3-7-11(14)16/h3-4,6-9,12,17H,2,5,16H2,1H3. The summed E-state index contributed by atoms with van der Waals surface area (Å²) in [5.41, 5.74) is 5.92. The highest BCUT2D eigenvalue weighted by atomic mass is 35.5. The summed E-state index contributed by atoms with van der Waals surface area (Å²) in [6.07, 6.45) is 1.58. The summed E-state index contributed by atoms with van der Waals surface area (Å²) in [6.45, 7) is 2.01. The second kappa shape index (κ2) is 6.79. The monoisotopic (exact) mass is 344 g/mol. The largest absolute Gasteiger partial charge is 0.398 e. The van der Waals surface area contributed by atoms with E-state index in [0.29, 0.717) is 6.42 Å². The van der Waals surface area contributed by atoms with Crippen molar-refractivity contribution in [2.45, 2.75) is 30.7 Å². The Morgan fingerprint density at radius 2 is 2.10 bits per heavy atom. The summed E-state index contributed by atoms with van der Waals surface area (Å²) in [4.78, 5) is 0.926. The van der Waals surface area contributed by atoms with Gasteiger partial charge in [0.25, 0.3) is 0 Å². The molecule has 0 saturated heterocycles. The molecule has 1 aromatic carbocycles. The molecule has 0 bridgehead atoms. The fourth-order valence-electron chi connectivity index (χ4n) is 2.09. The zero-order valence-electron chi connectivity index (χ0n) is 11.5. The maximum Gasteiger partial charge on any atom is 0.244 e. The molecule has 1 unspecified atom stereocenters. The Kier molecular flexibility index (Phi) is 5.27. The molecule has 0 saturated carbocycles. The van der Waals surface area contributed by atoms with Crippen molar-refractivity contribution in [3.63, 3.8) is 0 Å². The second-order valence-corrected chi connectivity index (χ2v) is 7.67. The fraction of sp³-hybridized carbons (Fsp3) is 0.286. The number of halogens is 1. The summed E-state index contributed by atoms with van der Waals surface area (Å²) >= 11 is 7.53. The van der Waals surface area contributed by atoms with Crippen molar-refractivity contribution in [2.75, 3.05) is 5.73 Å². The van der Waals surface area contributed by atoms with Crippen LogP contribution in [0.3, 0.4) is 0 Å². The van der Waals surface area contributed by atoms with Crippen LogP contribution >= 0.6 is 22.9 Å². The van der Waals surface area contributed by atoms with Crippen molar-refractivity contribution < 1.29 is 8.42 Å². The summed E-state index contributed by atoms with van der Waals surface area (Å²) in [6, 6.07) is 8.23. The molecule has 0 radical (unpaired) electrons. The Morgan fingerprint density at radius 3 is 2.67 bits per heavy atom. The molecule has 2 rings (SSSR count). The number of thiophene rings is 1. The van der Waals surface area contributed by atoms with Crippen molar-refractivity contribution in [2.24, 2.45) is 0 Å². The van der Waals surface area contributed by atoms with Crippen LogP contribution in [0.1, 0.15) is 30.7 Å². The Labute approximate surface area is 134 Å². The Bertz CT molecular complexity index is 680. The number of hydrogen-bond donors (Lipinski definition) is 2. The molecule has 3 N–H and O–H groups in total. The highest BCUT2D eigenvalue weighted by Crippen LogP contribution is 2.30. The average molecular weight is 345 g/mol. The number of nitrogens with two attached hydrogens (primary N) is 1. The molecule has 1 heterocycles. The third kappa shape index (κ3) is 3.77. The number of rotatable bonds is 6.